The van der Waals surface area contributed by atoms with Gasteiger partial charge in [-0.2, -0.15) is 23.5 Å². The fraction of sp³-hybridized carbons (Fsp3) is 0.840. The van der Waals surface area contributed by atoms with Crippen LogP contribution in [0.4, 0.5) is 0 Å². The lowest BCUT2D eigenvalue weighted by molar-refractivity contribution is -0.189. The molecule has 18 atom stereocenters. The van der Waals surface area contributed by atoms with Crippen molar-refractivity contribution in [2.45, 2.75) is 164 Å². The highest BCUT2D eigenvalue weighted by molar-refractivity contribution is 8.00. The van der Waals surface area contributed by atoms with Crippen molar-refractivity contribution in [3.63, 3.8) is 0 Å². The summed E-state index contributed by atoms with van der Waals surface area (Å²) in [5.74, 6) is 0.508. The molecule has 0 spiro atoms. The molecule has 0 aromatic carbocycles. The Morgan fingerprint density at radius 1 is 0.565 bits per heavy atom. The second-order valence-electron chi connectivity index (χ2n) is 22.6. The van der Waals surface area contributed by atoms with Crippen LogP contribution < -0.4 is 10.6 Å². The lowest BCUT2D eigenvalue weighted by atomic mass is 9.44. The summed E-state index contributed by atoms with van der Waals surface area (Å²) >= 11 is 3.88. The maximum absolute atomic E-state index is 14.4. The first-order valence-electron chi connectivity index (χ1n) is 24.6. The predicted octanol–water partition coefficient (Wildman–Crippen LogP) is 7.10. The summed E-state index contributed by atoms with van der Waals surface area (Å²) < 4.78 is 13.1. The Hall–Kier alpha value is -2.02. The van der Waals surface area contributed by atoms with Crippen LogP contribution in [0.25, 0.3) is 0 Å². The van der Waals surface area contributed by atoms with Crippen LogP contribution >= 0.6 is 23.5 Å². The Labute approximate surface area is 376 Å². The van der Waals surface area contributed by atoms with E-state index >= 15 is 0 Å². The molecule has 12 heteroatoms. The van der Waals surface area contributed by atoms with Gasteiger partial charge in [0.05, 0.1) is 0 Å². The lowest BCUT2D eigenvalue weighted by Gasteiger charge is -2.61. The molecule has 62 heavy (non-hydrogen) atoms. The fourth-order valence-corrected chi connectivity index (χ4v) is 19.9. The van der Waals surface area contributed by atoms with Crippen molar-refractivity contribution >= 4 is 58.6 Å². The normalized spacial score (nSPS) is 49.7. The number of hydrogen-bond acceptors (Lipinski definition) is 12. The van der Waals surface area contributed by atoms with Gasteiger partial charge >= 0.3 is 11.9 Å². The van der Waals surface area contributed by atoms with E-state index in [0.29, 0.717) is 60.6 Å². The van der Waals surface area contributed by atoms with Gasteiger partial charge in [-0.3, -0.25) is 19.2 Å². The van der Waals surface area contributed by atoms with Gasteiger partial charge < -0.3 is 20.1 Å². The van der Waals surface area contributed by atoms with E-state index in [1.807, 2.05) is 23.5 Å². The zero-order chi connectivity index (χ0) is 43.3. The molecule has 10 aliphatic rings. The number of carbonyl (C=O) groups excluding carboxylic acids is 6. The first kappa shape index (κ1) is 43.9. The van der Waals surface area contributed by atoms with Gasteiger partial charge in [0, 0.05) is 105 Å². The minimum absolute atomic E-state index is 0.106. The van der Waals surface area contributed by atoms with Crippen LogP contribution in [-0.4, -0.2) is 94.5 Å². The first-order chi connectivity index (χ1) is 29.6. The maximum atomic E-state index is 14.4. The number of carbonyl (C=O) groups is 6. The summed E-state index contributed by atoms with van der Waals surface area (Å²) in [4.78, 5) is 83.3. The first-order valence-corrected chi connectivity index (χ1v) is 26.4. The van der Waals surface area contributed by atoms with Crippen molar-refractivity contribution < 1.29 is 38.2 Å². The Bertz CT molecular complexity index is 1760. The molecule has 0 amide bonds. The van der Waals surface area contributed by atoms with Crippen LogP contribution in [0.2, 0.25) is 0 Å². The van der Waals surface area contributed by atoms with Crippen molar-refractivity contribution in [2.75, 3.05) is 26.2 Å². The molecule has 0 aromatic rings. The minimum atomic E-state index is -0.591. The third-order valence-electron chi connectivity index (χ3n) is 20.1. The lowest BCUT2D eigenvalue weighted by Crippen LogP contribution is -2.62. The molecular formula is C50H70N2O8S2. The van der Waals surface area contributed by atoms with Crippen molar-refractivity contribution in [1.82, 2.24) is 10.6 Å². The molecule has 2 heterocycles. The highest BCUT2D eigenvalue weighted by Crippen LogP contribution is 2.67. The van der Waals surface area contributed by atoms with Gasteiger partial charge in [0.1, 0.15) is 35.3 Å². The van der Waals surface area contributed by atoms with Gasteiger partial charge in [0.15, 0.2) is 0 Å². The third-order valence-corrected chi connectivity index (χ3v) is 23.2. The highest BCUT2D eigenvalue weighted by Gasteiger charge is 2.67. The minimum Gasteiger partial charge on any atom is -0.459 e. The second-order valence-corrected chi connectivity index (χ2v) is 25.9. The summed E-state index contributed by atoms with van der Waals surface area (Å²) in [7, 11) is 0. The van der Waals surface area contributed by atoms with Crippen molar-refractivity contribution in [1.29, 1.82) is 0 Å². The topological polar surface area (TPSA) is 145 Å². The van der Waals surface area contributed by atoms with Crippen molar-refractivity contribution in [3.05, 3.63) is 12.2 Å². The maximum Gasteiger partial charge on any atom is 0.331 e. The number of fused-ring (bicyclic) bond motifs is 10. The zero-order valence-corrected chi connectivity index (χ0v) is 39.1. The molecule has 2 N–H and O–H groups in total. The van der Waals surface area contributed by atoms with Gasteiger partial charge in [0.2, 0.25) is 0 Å². The molecule has 10 nitrogen and oxygen atoms in total. The number of hydrogen-bond donors (Lipinski definition) is 2. The third kappa shape index (κ3) is 7.09. The van der Waals surface area contributed by atoms with E-state index in [-0.39, 0.29) is 80.2 Å². The average Bonchev–Trinajstić information content (AvgIpc) is 4.05. The Morgan fingerprint density at radius 2 is 0.984 bits per heavy atom. The average molecular weight is 891 g/mol. The predicted molar refractivity (Wildman–Crippen MR) is 239 cm³/mol. The molecule has 340 valence electrons. The quantitative estimate of drug-likeness (QED) is 0.190. The molecule has 6 unspecified atom stereocenters. The van der Waals surface area contributed by atoms with E-state index in [0.717, 1.165) is 90.4 Å². The molecule has 0 radical (unpaired) electrons. The fourth-order valence-electron chi connectivity index (χ4n) is 16.7. The smallest absolute Gasteiger partial charge is 0.331 e. The monoisotopic (exact) mass is 890 g/mol. The zero-order valence-electron chi connectivity index (χ0n) is 37.5. The number of ketones is 4. The largest absolute Gasteiger partial charge is 0.459 e. The molecule has 10 rings (SSSR count). The number of esters is 2. The van der Waals surface area contributed by atoms with Crippen LogP contribution in [0.1, 0.15) is 130 Å². The Balaban J connectivity index is 0.888. The second kappa shape index (κ2) is 16.4. The standard InChI is InChI=1S/C50H70N2O8S2/c1-47-15-11-35-31(33(47)5-7-41(47)55)23-39(53)37-19-29(61-27-13-17-51-25-27)21-43(49(35,37)3)59-45(57)9-10-46(58)60-44-22-30(62-28-14-18-52-26-28)20-38-40(54)24-32-34-6-8-42(56)48(34,2)16-12-36(32)50(38,44)4/h9-10,27-38,43-44,51-52H,5-8,11-26H2,1-4H3/b10-9+/t27-,28-,29?,30?,31+,32+,33+,34+,35-,36-,37?,38?,43?,44?,47+,48+,49-,50-/m1/s1. The molecule has 0 aromatic heterocycles. The number of nitrogens with one attached hydrogen (secondary N) is 2. The molecular weight excluding hydrogens is 821 g/mol. The van der Waals surface area contributed by atoms with Crippen LogP contribution in [-0.2, 0) is 38.2 Å². The molecule has 0 bridgehead atoms. The van der Waals surface area contributed by atoms with Crippen LogP contribution in [0, 0.1) is 69.0 Å². The van der Waals surface area contributed by atoms with Crippen molar-refractivity contribution in [2.24, 2.45) is 69.0 Å². The molecule has 10 fully saturated rings. The Kier molecular flexibility index (Phi) is 11.6. The van der Waals surface area contributed by atoms with Crippen LogP contribution in [0.3, 0.4) is 0 Å². The van der Waals surface area contributed by atoms with Gasteiger partial charge in [-0.25, -0.2) is 9.59 Å². The number of rotatable bonds is 8. The molecule has 8 aliphatic carbocycles. The van der Waals surface area contributed by atoms with Crippen LogP contribution in [0.15, 0.2) is 12.2 Å². The number of thioether (sulfide) groups is 2. The van der Waals surface area contributed by atoms with E-state index in [2.05, 4.69) is 38.3 Å². The van der Waals surface area contributed by atoms with E-state index in [1.54, 1.807) is 0 Å². The van der Waals surface area contributed by atoms with Crippen LogP contribution in [0.5, 0.6) is 0 Å². The SMILES string of the molecule is C[C@]12C(OC(=O)/C=C/C(=O)OC3CC(S[C@@H]4CCNC4)CC4C(=O)C[C@@H]5[C@@H](CC[C@]6(C)C(=O)CC[C@@H]56)[C@@]34C)CC(S[C@@H]3CCNC3)CC1C(=O)C[C@@H]1[C@H]2CC[C@]2(C)C(=O)CC[C@@H]12. The van der Waals surface area contributed by atoms with E-state index in [9.17, 15) is 28.8 Å². The summed E-state index contributed by atoms with van der Waals surface area (Å²) in [5, 5.41) is 8.24. The molecule has 2 saturated heterocycles. The van der Waals surface area contributed by atoms with Gasteiger partial charge in [-0.15, -0.1) is 0 Å². The van der Waals surface area contributed by atoms with Gasteiger partial charge in [-0.05, 0) is 126 Å². The number of Topliss-reactive ketones (excluding diaryl/α,β-unsaturated/α-hetero) is 4. The molecule has 8 saturated carbocycles. The summed E-state index contributed by atoms with van der Waals surface area (Å²) in [6.07, 6.45) is 13.7. The van der Waals surface area contributed by atoms with Gasteiger partial charge in [0.25, 0.3) is 0 Å². The summed E-state index contributed by atoms with van der Waals surface area (Å²) in [6, 6.07) is 0. The summed E-state index contributed by atoms with van der Waals surface area (Å²) in [5.41, 5.74) is -1.86. The molecule has 2 aliphatic heterocycles. The van der Waals surface area contributed by atoms with E-state index in [1.165, 1.54) is 12.2 Å². The highest BCUT2D eigenvalue weighted by atomic mass is 32.2. The summed E-state index contributed by atoms with van der Waals surface area (Å²) in [6.45, 7) is 12.5. The number of ether oxygens (including phenoxy) is 2. The Morgan fingerprint density at radius 3 is 1.37 bits per heavy atom. The van der Waals surface area contributed by atoms with E-state index in [4.69, 9.17) is 9.47 Å². The van der Waals surface area contributed by atoms with Gasteiger partial charge in [-0.1, -0.05) is 27.7 Å². The van der Waals surface area contributed by atoms with Crippen molar-refractivity contribution in [3.8, 4) is 0 Å². The van der Waals surface area contributed by atoms with E-state index < -0.39 is 35.0 Å².